The maximum Gasteiger partial charge on any atom is 0.429 e. The largest absolute Gasteiger partial charge is 0.480 e. The number of nitrogen functional groups attached to an aromatic ring is 1. The van der Waals surface area contributed by atoms with Crippen molar-refractivity contribution in [1.82, 2.24) is 30.4 Å². The number of carboxylic acid groups (broad SMARTS) is 1. The minimum absolute atomic E-state index is 0.0846. The fraction of sp³-hybridized carbons (Fsp3) is 0.533. The number of aryl methyl sites for hydroxylation is 1. The van der Waals surface area contributed by atoms with Crippen molar-refractivity contribution in [3.05, 3.63) is 53.3 Å². The van der Waals surface area contributed by atoms with Crippen LogP contribution in [0.25, 0.3) is 5.69 Å². The Kier molecular flexibility index (Phi) is 8.14. The van der Waals surface area contributed by atoms with Crippen LogP contribution in [0.2, 0.25) is 0 Å². The summed E-state index contributed by atoms with van der Waals surface area (Å²) >= 11 is 0. The van der Waals surface area contributed by atoms with E-state index in [4.69, 9.17) is 10.5 Å². The van der Waals surface area contributed by atoms with Crippen molar-refractivity contribution in [3.8, 4) is 11.6 Å². The topological polar surface area (TPSA) is 143 Å². The summed E-state index contributed by atoms with van der Waals surface area (Å²) in [6.45, 7) is 5.20. The van der Waals surface area contributed by atoms with Crippen molar-refractivity contribution < 1.29 is 27.8 Å². The van der Waals surface area contributed by atoms with Gasteiger partial charge in [-0.1, -0.05) is 12.1 Å². The summed E-state index contributed by atoms with van der Waals surface area (Å²) in [5, 5.41) is 20.2. The minimum Gasteiger partial charge on any atom is -0.480 e. The number of carboxylic acids is 1. The van der Waals surface area contributed by atoms with Crippen molar-refractivity contribution in [1.29, 1.82) is 0 Å². The molecule has 5 heterocycles. The Morgan fingerprint density at radius 1 is 1.16 bits per heavy atom. The van der Waals surface area contributed by atoms with Crippen LogP contribution in [-0.4, -0.2) is 75.8 Å². The number of hydrogen-bond donors (Lipinski definition) is 4. The van der Waals surface area contributed by atoms with E-state index in [1.54, 1.807) is 31.3 Å². The third-order valence-corrected chi connectivity index (χ3v) is 9.17. The Hall–Kier alpha value is -3.91. The number of nitrogens with two attached hydrogens (primary N) is 1. The van der Waals surface area contributed by atoms with Gasteiger partial charge in [0, 0.05) is 37.5 Å². The van der Waals surface area contributed by atoms with Crippen LogP contribution in [0.15, 0.2) is 36.5 Å². The molecule has 2 atom stereocenters. The van der Waals surface area contributed by atoms with Crippen LogP contribution in [-0.2, 0) is 4.79 Å². The number of alkyl halides is 3. The highest BCUT2D eigenvalue weighted by molar-refractivity contribution is 5.74. The van der Waals surface area contributed by atoms with Crippen LogP contribution in [0.5, 0.6) is 5.88 Å². The monoisotopic (exact) mass is 614 g/mol. The molecule has 0 radical (unpaired) electrons. The van der Waals surface area contributed by atoms with Gasteiger partial charge in [-0.2, -0.15) is 28.2 Å². The van der Waals surface area contributed by atoms with Gasteiger partial charge in [0.15, 0.2) is 0 Å². The summed E-state index contributed by atoms with van der Waals surface area (Å²) in [6.07, 6.45) is -1.71. The van der Waals surface area contributed by atoms with Gasteiger partial charge in [0.2, 0.25) is 17.9 Å². The van der Waals surface area contributed by atoms with Crippen LogP contribution in [0.3, 0.4) is 0 Å². The molecule has 3 aromatic rings. The lowest BCUT2D eigenvalue weighted by molar-refractivity contribution is -0.198. The normalized spacial score (nSPS) is 21.5. The van der Waals surface area contributed by atoms with Gasteiger partial charge in [0.25, 0.3) is 0 Å². The molecule has 3 aliphatic heterocycles. The van der Waals surface area contributed by atoms with Crippen LogP contribution >= 0.6 is 0 Å². The quantitative estimate of drug-likeness (QED) is 0.311. The lowest BCUT2D eigenvalue weighted by atomic mass is 9.76. The average molecular weight is 615 g/mol. The lowest BCUT2D eigenvalue weighted by Gasteiger charge is -2.39. The molecule has 0 aliphatic carbocycles. The summed E-state index contributed by atoms with van der Waals surface area (Å²) < 4.78 is 51.4. The molecule has 6 rings (SSSR count). The first-order valence-corrected chi connectivity index (χ1v) is 15.0. The van der Waals surface area contributed by atoms with Gasteiger partial charge in [-0.25, -0.2) is 4.68 Å². The van der Waals surface area contributed by atoms with Gasteiger partial charge in [-0.15, -0.1) is 0 Å². The molecule has 5 N–H and O–H groups in total. The first-order chi connectivity index (χ1) is 21.0. The Bertz CT molecular complexity index is 1500. The number of anilines is 2. The van der Waals surface area contributed by atoms with E-state index in [2.05, 4.69) is 25.7 Å². The number of rotatable bonds is 7. The van der Waals surface area contributed by atoms with E-state index in [-0.39, 0.29) is 28.7 Å². The summed E-state index contributed by atoms with van der Waals surface area (Å²) in [5.41, 5.74) is 7.69. The predicted octanol–water partition coefficient (Wildman–Crippen LogP) is 3.74. The van der Waals surface area contributed by atoms with Crippen LogP contribution in [0, 0.1) is 12.3 Å². The molecule has 1 spiro atoms. The van der Waals surface area contributed by atoms with Gasteiger partial charge < -0.3 is 31.1 Å². The van der Waals surface area contributed by atoms with E-state index in [0.29, 0.717) is 56.1 Å². The number of hydrogen-bond acceptors (Lipinski definition) is 9. The number of benzene rings is 1. The van der Waals surface area contributed by atoms with E-state index in [0.717, 1.165) is 31.5 Å². The third-order valence-electron chi connectivity index (χ3n) is 9.17. The minimum atomic E-state index is -4.78. The predicted molar refractivity (Wildman–Crippen MR) is 157 cm³/mol. The van der Waals surface area contributed by atoms with Crippen LogP contribution < -0.4 is 26.0 Å². The first kappa shape index (κ1) is 30.1. The Labute approximate surface area is 253 Å². The van der Waals surface area contributed by atoms with Crippen LogP contribution in [0.1, 0.15) is 60.9 Å². The molecule has 14 heteroatoms. The van der Waals surface area contributed by atoms with Gasteiger partial charge in [0.1, 0.15) is 11.9 Å². The summed E-state index contributed by atoms with van der Waals surface area (Å²) in [4.78, 5) is 21.7. The Morgan fingerprint density at radius 2 is 1.91 bits per heavy atom. The van der Waals surface area contributed by atoms with Gasteiger partial charge in [-0.3, -0.25) is 4.79 Å². The molecular formula is C30H37F3N8O3. The molecule has 0 saturated carbocycles. The fourth-order valence-electron chi connectivity index (χ4n) is 6.70. The molecule has 0 amide bonds. The molecule has 3 saturated heterocycles. The van der Waals surface area contributed by atoms with Gasteiger partial charge in [-0.05, 0) is 81.1 Å². The maximum absolute atomic E-state index is 14.8. The smallest absolute Gasteiger partial charge is 0.429 e. The number of carbonyl (C=O) groups is 1. The summed E-state index contributed by atoms with van der Waals surface area (Å²) in [6, 6.07) is 7.59. The van der Waals surface area contributed by atoms with Crippen molar-refractivity contribution >= 4 is 17.7 Å². The highest BCUT2D eigenvalue weighted by atomic mass is 19.4. The van der Waals surface area contributed by atoms with E-state index in [1.165, 1.54) is 16.8 Å². The molecular weight excluding hydrogens is 577 g/mol. The zero-order valence-corrected chi connectivity index (χ0v) is 24.5. The average Bonchev–Trinajstić information content (AvgIpc) is 3.62. The second-order valence-corrected chi connectivity index (χ2v) is 12.2. The number of nitrogens with zero attached hydrogens (tertiary/aromatic N) is 5. The molecule has 3 fully saturated rings. The number of nitrogens with one attached hydrogen (secondary N) is 2. The van der Waals surface area contributed by atoms with E-state index < -0.39 is 24.3 Å². The zero-order chi connectivity index (χ0) is 31.1. The Morgan fingerprint density at radius 3 is 2.55 bits per heavy atom. The summed E-state index contributed by atoms with van der Waals surface area (Å²) in [5.74, 6) is -0.743. The van der Waals surface area contributed by atoms with Crippen molar-refractivity contribution in [2.45, 2.75) is 63.3 Å². The molecule has 1 unspecified atom stereocenters. The van der Waals surface area contributed by atoms with Crippen molar-refractivity contribution in [2.75, 3.05) is 43.4 Å². The maximum atomic E-state index is 14.8. The molecule has 2 aromatic heterocycles. The number of ether oxygens (including phenoxy) is 1. The number of piperidine rings is 2. The number of aromatic nitrogens is 4. The second kappa shape index (κ2) is 11.9. The molecule has 3 aliphatic rings. The number of aliphatic carboxylic acids is 1. The first-order valence-electron chi connectivity index (χ1n) is 15.0. The SMILES string of the molecule is Cc1ccn(-c2cc(C3CCNCC3)ccc2C(Oc2cc(N3CCC4(CC3)CN[C@H](C(=O)O)C4)nc(N)n2)C(F)(F)F)n1. The van der Waals surface area contributed by atoms with E-state index >= 15 is 0 Å². The molecule has 1 aromatic carbocycles. The van der Waals surface area contributed by atoms with Crippen molar-refractivity contribution in [3.63, 3.8) is 0 Å². The lowest BCUT2D eigenvalue weighted by Crippen LogP contribution is -2.41. The Balaban J connectivity index is 1.28. The van der Waals surface area contributed by atoms with Gasteiger partial charge in [0.05, 0.1) is 11.4 Å². The fourth-order valence-corrected chi connectivity index (χ4v) is 6.70. The van der Waals surface area contributed by atoms with E-state index in [1.807, 2.05) is 4.90 Å². The highest BCUT2D eigenvalue weighted by Crippen LogP contribution is 2.43. The van der Waals surface area contributed by atoms with Crippen molar-refractivity contribution in [2.24, 2.45) is 5.41 Å². The zero-order valence-electron chi connectivity index (χ0n) is 24.5. The third kappa shape index (κ3) is 6.32. The van der Waals surface area contributed by atoms with Crippen LogP contribution in [0.4, 0.5) is 24.9 Å². The van der Waals surface area contributed by atoms with E-state index in [9.17, 15) is 23.1 Å². The number of halogens is 3. The standard InChI is InChI=1S/C30H37F3N8O3/c1-18-6-11-41(39-18)23-14-20(19-4-9-35-10-5-19)2-3-21(23)26(30(31,32)33)44-25-15-24(37-28(34)38-25)40-12-7-29(8-13-40)16-22(27(42)43)36-17-29/h2-3,6,11,14-15,19,22,26,35-36H,4-5,7-10,12-13,16-17H2,1H3,(H,42,43)(H2,34,37,38)/t22-,26?/m0/s1. The molecule has 236 valence electrons. The highest BCUT2D eigenvalue weighted by Gasteiger charge is 2.46. The molecule has 0 bridgehead atoms. The van der Waals surface area contributed by atoms with Gasteiger partial charge >= 0.3 is 12.1 Å². The molecule has 11 nitrogen and oxygen atoms in total. The second-order valence-electron chi connectivity index (χ2n) is 12.2. The molecule has 44 heavy (non-hydrogen) atoms. The summed E-state index contributed by atoms with van der Waals surface area (Å²) in [7, 11) is 0.